The second kappa shape index (κ2) is 5.33. The number of aromatic nitrogens is 4. The lowest BCUT2D eigenvalue weighted by molar-refractivity contribution is 0.426. The summed E-state index contributed by atoms with van der Waals surface area (Å²) in [6.07, 6.45) is 0. The summed E-state index contributed by atoms with van der Waals surface area (Å²) < 4.78 is 10.5. The third-order valence-corrected chi connectivity index (χ3v) is 4.07. The van der Waals surface area contributed by atoms with Crippen LogP contribution in [-0.4, -0.2) is 20.3 Å². The van der Waals surface area contributed by atoms with Gasteiger partial charge in [0.05, 0.1) is 5.69 Å². The first kappa shape index (κ1) is 13.6. The Kier molecular flexibility index (Phi) is 3.16. The first-order valence-electron chi connectivity index (χ1n) is 6.78. The van der Waals surface area contributed by atoms with Gasteiger partial charge in [0.1, 0.15) is 10.7 Å². The van der Waals surface area contributed by atoms with E-state index in [0.717, 1.165) is 27.5 Å². The zero-order valence-corrected chi connectivity index (χ0v) is 12.9. The van der Waals surface area contributed by atoms with Gasteiger partial charge >= 0.3 is 6.01 Å². The number of hydrogen-bond donors (Lipinski definition) is 1. The highest BCUT2D eigenvalue weighted by Crippen LogP contribution is 2.31. The van der Waals surface area contributed by atoms with E-state index in [9.17, 15) is 0 Å². The van der Waals surface area contributed by atoms with Crippen LogP contribution in [0.25, 0.3) is 33.5 Å². The molecule has 8 heteroatoms. The van der Waals surface area contributed by atoms with E-state index < -0.39 is 0 Å². The van der Waals surface area contributed by atoms with Crippen LogP contribution in [0.1, 0.15) is 5.69 Å². The molecule has 0 aliphatic heterocycles. The van der Waals surface area contributed by atoms with Crippen molar-refractivity contribution in [2.75, 3.05) is 5.73 Å². The van der Waals surface area contributed by atoms with Crippen LogP contribution < -0.4 is 5.73 Å². The fourth-order valence-electron chi connectivity index (χ4n) is 2.14. The lowest BCUT2D eigenvalue weighted by Crippen LogP contribution is -1.82. The Bertz CT molecular complexity index is 972. The summed E-state index contributed by atoms with van der Waals surface area (Å²) in [5.74, 6) is 1.04. The van der Waals surface area contributed by atoms with Crippen molar-refractivity contribution < 1.29 is 8.94 Å². The third kappa shape index (κ3) is 2.59. The molecule has 1 aromatic carbocycles. The van der Waals surface area contributed by atoms with Gasteiger partial charge in [0.15, 0.2) is 5.76 Å². The standard InChI is InChI=1S/C15H11N5O2S/c1-8-5-12(22-20-8)11-7-23-14(17-11)10-4-2-3-9(6-10)13-18-19-15(16)21-13/h2-7H,1H3,(H2,16,19). The SMILES string of the molecule is Cc1cc(-c2csc(-c3cccc(-c4nnc(N)o4)c3)n2)on1. The van der Waals surface area contributed by atoms with Crippen molar-refractivity contribution >= 4 is 17.4 Å². The molecule has 4 rings (SSSR count). The first-order chi connectivity index (χ1) is 11.2. The lowest BCUT2D eigenvalue weighted by atomic mass is 10.1. The van der Waals surface area contributed by atoms with Crippen molar-refractivity contribution in [3.05, 3.63) is 41.4 Å². The summed E-state index contributed by atoms with van der Waals surface area (Å²) in [5.41, 5.74) is 8.80. The van der Waals surface area contributed by atoms with Gasteiger partial charge in [0.2, 0.25) is 5.89 Å². The van der Waals surface area contributed by atoms with E-state index in [-0.39, 0.29) is 6.01 Å². The van der Waals surface area contributed by atoms with E-state index in [2.05, 4.69) is 20.3 Å². The molecule has 0 fully saturated rings. The molecule has 0 aliphatic rings. The molecule has 7 nitrogen and oxygen atoms in total. The van der Waals surface area contributed by atoms with Crippen LogP contribution in [0.15, 0.2) is 44.7 Å². The highest BCUT2D eigenvalue weighted by molar-refractivity contribution is 7.13. The van der Waals surface area contributed by atoms with Gasteiger partial charge in [-0.15, -0.1) is 16.4 Å². The summed E-state index contributed by atoms with van der Waals surface area (Å²) in [6, 6.07) is 9.59. The molecule has 2 N–H and O–H groups in total. The average molecular weight is 325 g/mol. The Labute approximate surface area is 134 Å². The molecule has 23 heavy (non-hydrogen) atoms. The van der Waals surface area contributed by atoms with Gasteiger partial charge in [0.25, 0.3) is 0 Å². The summed E-state index contributed by atoms with van der Waals surface area (Å²) in [5, 5.41) is 14.2. The number of hydrogen-bond acceptors (Lipinski definition) is 8. The Hall–Kier alpha value is -3.00. The molecule has 0 radical (unpaired) electrons. The lowest BCUT2D eigenvalue weighted by Gasteiger charge is -1.99. The highest BCUT2D eigenvalue weighted by atomic mass is 32.1. The number of thiazole rings is 1. The molecule has 0 saturated heterocycles. The number of anilines is 1. The quantitative estimate of drug-likeness (QED) is 0.615. The van der Waals surface area contributed by atoms with E-state index in [1.165, 1.54) is 11.3 Å². The maximum atomic E-state index is 5.47. The molecule has 0 saturated carbocycles. The topological polar surface area (TPSA) is 104 Å². The summed E-state index contributed by atoms with van der Waals surface area (Å²) in [6.45, 7) is 1.87. The van der Waals surface area contributed by atoms with Gasteiger partial charge in [-0.1, -0.05) is 22.4 Å². The predicted octanol–water partition coefficient (Wildman–Crippen LogP) is 3.41. The van der Waals surface area contributed by atoms with Crippen LogP contribution in [0, 0.1) is 6.92 Å². The molecule has 0 aliphatic carbocycles. The highest BCUT2D eigenvalue weighted by Gasteiger charge is 2.12. The molecule has 0 amide bonds. The molecular weight excluding hydrogens is 314 g/mol. The van der Waals surface area contributed by atoms with E-state index >= 15 is 0 Å². The molecule has 0 bridgehead atoms. The first-order valence-corrected chi connectivity index (χ1v) is 7.66. The minimum atomic E-state index is 0.0441. The van der Waals surface area contributed by atoms with E-state index in [1.807, 2.05) is 42.6 Å². The minimum Gasteiger partial charge on any atom is -0.404 e. The number of nitrogen functional groups attached to an aromatic ring is 1. The molecule has 3 heterocycles. The predicted molar refractivity (Wildman–Crippen MR) is 85.5 cm³/mol. The van der Waals surface area contributed by atoms with Crippen LogP contribution >= 0.6 is 11.3 Å². The van der Waals surface area contributed by atoms with Gasteiger partial charge < -0.3 is 14.7 Å². The summed E-state index contributed by atoms with van der Waals surface area (Å²) in [7, 11) is 0. The van der Waals surface area contributed by atoms with E-state index in [1.54, 1.807) is 0 Å². The molecule has 4 aromatic rings. The normalized spacial score (nSPS) is 11.0. The van der Waals surface area contributed by atoms with Gasteiger partial charge in [-0.3, -0.25) is 0 Å². The van der Waals surface area contributed by atoms with Crippen LogP contribution in [0.2, 0.25) is 0 Å². The summed E-state index contributed by atoms with van der Waals surface area (Å²) >= 11 is 1.53. The van der Waals surface area contributed by atoms with Gasteiger partial charge in [-0.2, -0.15) is 0 Å². The molecular formula is C15H11N5O2S. The molecule has 0 spiro atoms. The zero-order valence-electron chi connectivity index (χ0n) is 12.1. The minimum absolute atomic E-state index is 0.0441. The number of benzene rings is 1. The Morgan fingerprint density at radius 3 is 2.74 bits per heavy atom. The second-order valence-electron chi connectivity index (χ2n) is 4.90. The number of aryl methyl sites for hydroxylation is 1. The van der Waals surface area contributed by atoms with Crippen molar-refractivity contribution in [1.29, 1.82) is 0 Å². The van der Waals surface area contributed by atoms with Crippen LogP contribution in [0.3, 0.4) is 0 Å². The average Bonchev–Trinajstić information content (AvgIpc) is 3.27. The molecule has 0 unspecified atom stereocenters. The monoisotopic (exact) mass is 325 g/mol. The van der Waals surface area contributed by atoms with E-state index in [4.69, 9.17) is 14.7 Å². The Morgan fingerprint density at radius 2 is 2.00 bits per heavy atom. The van der Waals surface area contributed by atoms with Crippen molar-refractivity contribution in [3.63, 3.8) is 0 Å². The summed E-state index contributed by atoms with van der Waals surface area (Å²) in [4.78, 5) is 4.60. The maximum Gasteiger partial charge on any atom is 0.313 e. The molecule has 0 atom stereocenters. The second-order valence-corrected chi connectivity index (χ2v) is 5.75. The smallest absolute Gasteiger partial charge is 0.313 e. The largest absolute Gasteiger partial charge is 0.404 e. The molecule has 3 aromatic heterocycles. The Morgan fingerprint density at radius 1 is 1.13 bits per heavy atom. The number of rotatable bonds is 3. The van der Waals surface area contributed by atoms with E-state index in [0.29, 0.717) is 11.7 Å². The van der Waals surface area contributed by atoms with Gasteiger partial charge in [0, 0.05) is 22.6 Å². The van der Waals surface area contributed by atoms with Crippen molar-refractivity contribution in [2.24, 2.45) is 0 Å². The van der Waals surface area contributed by atoms with Crippen LogP contribution in [0.5, 0.6) is 0 Å². The van der Waals surface area contributed by atoms with Crippen LogP contribution in [-0.2, 0) is 0 Å². The van der Waals surface area contributed by atoms with Crippen molar-refractivity contribution in [1.82, 2.24) is 20.3 Å². The van der Waals surface area contributed by atoms with Crippen molar-refractivity contribution in [2.45, 2.75) is 6.92 Å². The fraction of sp³-hybridized carbons (Fsp3) is 0.0667. The fourth-order valence-corrected chi connectivity index (χ4v) is 2.95. The van der Waals surface area contributed by atoms with Crippen molar-refractivity contribution in [3.8, 4) is 33.5 Å². The van der Waals surface area contributed by atoms with Crippen LogP contribution in [0.4, 0.5) is 6.01 Å². The number of nitrogens with zero attached hydrogens (tertiary/aromatic N) is 4. The Balaban J connectivity index is 1.70. The third-order valence-electron chi connectivity index (χ3n) is 3.18. The number of nitrogens with two attached hydrogens (primary N) is 1. The van der Waals surface area contributed by atoms with Gasteiger partial charge in [-0.25, -0.2) is 4.98 Å². The van der Waals surface area contributed by atoms with Gasteiger partial charge in [-0.05, 0) is 19.1 Å². The zero-order chi connectivity index (χ0) is 15.8. The maximum absolute atomic E-state index is 5.47. The molecule has 114 valence electrons.